The lowest BCUT2D eigenvalue weighted by Gasteiger charge is -2.31. The second-order valence-corrected chi connectivity index (χ2v) is 6.08. The highest BCUT2D eigenvalue weighted by Gasteiger charge is 2.42. The van der Waals surface area contributed by atoms with Crippen molar-refractivity contribution in [1.29, 1.82) is 0 Å². The Hall–Kier alpha value is -0.940. The van der Waals surface area contributed by atoms with Gasteiger partial charge in [0.05, 0.1) is 6.10 Å². The van der Waals surface area contributed by atoms with Crippen molar-refractivity contribution in [2.45, 2.75) is 46.3 Å². The van der Waals surface area contributed by atoms with Crippen molar-refractivity contribution in [3.63, 3.8) is 0 Å². The quantitative estimate of drug-likeness (QED) is 0.847. The summed E-state index contributed by atoms with van der Waals surface area (Å²) in [5.41, 5.74) is 0.149. The number of hydrogen-bond acceptors (Lipinski definition) is 4. The van der Waals surface area contributed by atoms with Crippen LogP contribution >= 0.6 is 0 Å². The molecule has 1 aliphatic rings. The second kappa shape index (κ2) is 6.01. The van der Waals surface area contributed by atoms with Crippen LogP contribution in [0.4, 0.5) is 0 Å². The summed E-state index contributed by atoms with van der Waals surface area (Å²) >= 11 is 0. The van der Waals surface area contributed by atoms with Crippen LogP contribution in [0.5, 0.6) is 0 Å². The third-order valence-electron chi connectivity index (χ3n) is 4.10. The van der Waals surface area contributed by atoms with E-state index in [9.17, 15) is 0 Å². The molecule has 0 aliphatic carbocycles. The molecule has 2 atom stereocenters. The molecule has 108 valence electrons. The number of hydrogen-bond donors (Lipinski definition) is 1. The summed E-state index contributed by atoms with van der Waals surface area (Å²) in [6.45, 7) is 9.32. The maximum atomic E-state index is 5.79. The first-order valence-electron chi connectivity index (χ1n) is 7.20. The Morgan fingerprint density at radius 3 is 2.95 bits per heavy atom. The fourth-order valence-electron chi connectivity index (χ4n) is 2.94. The fourth-order valence-corrected chi connectivity index (χ4v) is 2.94. The Balaban J connectivity index is 2.16. The van der Waals surface area contributed by atoms with Crippen LogP contribution in [-0.4, -0.2) is 41.1 Å². The largest absolute Gasteiger partial charge is 0.378 e. The standard InChI is InChI=1S/C14H26N4O/c1-11(2)8-18-13(16-10-17-18)7-14(9-15-4)5-6-19-12(14)3/h10-12,15H,5-9H2,1-4H3. The molecule has 1 N–H and O–H groups in total. The predicted octanol–water partition coefficient (Wildman–Crippen LogP) is 1.49. The van der Waals surface area contributed by atoms with Crippen LogP contribution in [0.1, 0.15) is 33.0 Å². The molecule has 0 spiro atoms. The summed E-state index contributed by atoms with van der Waals surface area (Å²) in [7, 11) is 2.01. The van der Waals surface area contributed by atoms with E-state index in [1.54, 1.807) is 6.33 Å². The third kappa shape index (κ3) is 3.15. The van der Waals surface area contributed by atoms with Crippen molar-refractivity contribution in [3.05, 3.63) is 12.2 Å². The lowest BCUT2D eigenvalue weighted by Crippen LogP contribution is -2.41. The lowest BCUT2D eigenvalue weighted by molar-refractivity contribution is 0.0623. The Bertz CT molecular complexity index is 404. The van der Waals surface area contributed by atoms with Crippen molar-refractivity contribution in [3.8, 4) is 0 Å². The summed E-state index contributed by atoms with van der Waals surface area (Å²) in [5, 5.41) is 7.68. The Morgan fingerprint density at radius 1 is 1.58 bits per heavy atom. The van der Waals surface area contributed by atoms with E-state index in [-0.39, 0.29) is 11.5 Å². The van der Waals surface area contributed by atoms with Gasteiger partial charge in [-0.05, 0) is 26.3 Å². The van der Waals surface area contributed by atoms with E-state index in [1.165, 1.54) is 0 Å². The number of nitrogens with one attached hydrogen (secondary N) is 1. The Kier molecular flexibility index (Phi) is 4.58. The molecule has 0 saturated carbocycles. The van der Waals surface area contributed by atoms with E-state index < -0.39 is 0 Å². The summed E-state index contributed by atoms with van der Waals surface area (Å²) in [4.78, 5) is 4.46. The molecule has 1 aliphatic heterocycles. The summed E-state index contributed by atoms with van der Waals surface area (Å²) in [5.74, 6) is 1.67. The number of rotatable bonds is 6. The van der Waals surface area contributed by atoms with Crippen LogP contribution in [-0.2, 0) is 17.7 Å². The summed E-state index contributed by atoms with van der Waals surface area (Å²) in [6.07, 6.45) is 3.96. The maximum Gasteiger partial charge on any atom is 0.138 e. The topological polar surface area (TPSA) is 52.0 Å². The van der Waals surface area contributed by atoms with Crippen LogP contribution in [0.25, 0.3) is 0 Å². The first kappa shape index (κ1) is 14.5. The smallest absolute Gasteiger partial charge is 0.138 e. The molecule has 1 fully saturated rings. The van der Waals surface area contributed by atoms with E-state index in [4.69, 9.17) is 4.74 Å². The van der Waals surface area contributed by atoms with Crippen molar-refractivity contribution in [2.24, 2.45) is 11.3 Å². The highest BCUT2D eigenvalue weighted by Crippen LogP contribution is 2.37. The zero-order valence-electron chi connectivity index (χ0n) is 12.5. The van der Waals surface area contributed by atoms with Gasteiger partial charge in [0, 0.05) is 31.5 Å². The molecular weight excluding hydrogens is 240 g/mol. The molecule has 19 heavy (non-hydrogen) atoms. The fraction of sp³-hybridized carbons (Fsp3) is 0.857. The number of ether oxygens (including phenoxy) is 1. The van der Waals surface area contributed by atoms with Gasteiger partial charge in [-0.15, -0.1) is 0 Å². The molecular formula is C14H26N4O. The summed E-state index contributed by atoms with van der Waals surface area (Å²) < 4.78 is 7.84. The Morgan fingerprint density at radius 2 is 2.37 bits per heavy atom. The predicted molar refractivity (Wildman–Crippen MR) is 75.0 cm³/mol. The minimum Gasteiger partial charge on any atom is -0.378 e. The minimum atomic E-state index is 0.149. The van der Waals surface area contributed by atoms with Gasteiger partial charge < -0.3 is 10.1 Å². The van der Waals surface area contributed by atoms with E-state index in [0.717, 1.165) is 38.4 Å². The van der Waals surface area contributed by atoms with E-state index in [2.05, 4.69) is 36.2 Å². The zero-order chi connectivity index (χ0) is 13.9. The third-order valence-corrected chi connectivity index (χ3v) is 4.10. The van der Waals surface area contributed by atoms with Crippen molar-refractivity contribution in [1.82, 2.24) is 20.1 Å². The van der Waals surface area contributed by atoms with Gasteiger partial charge >= 0.3 is 0 Å². The normalized spacial score (nSPS) is 27.3. The number of aromatic nitrogens is 3. The first-order valence-corrected chi connectivity index (χ1v) is 7.20. The van der Waals surface area contributed by atoms with Crippen LogP contribution < -0.4 is 5.32 Å². The van der Waals surface area contributed by atoms with Gasteiger partial charge in [0.15, 0.2) is 0 Å². The molecule has 2 heterocycles. The number of nitrogens with zero attached hydrogens (tertiary/aromatic N) is 3. The highest BCUT2D eigenvalue weighted by molar-refractivity contribution is 5.00. The van der Waals surface area contributed by atoms with Gasteiger partial charge in [0.2, 0.25) is 0 Å². The SMILES string of the molecule is CNCC1(Cc2ncnn2CC(C)C)CCOC1C. The van der Waals surface area contributed by atoms with E-state index >= 15 is 0 Å². The second-order valence-electron chi connectivity index (χ2n) is 6.08. The summed E-state index contributed by atoms with van der Waals surface area (Å²) in [6, 6.07) is 0. The molecule has 1 aromatic rings. The molecule has 5 heteroatoms. The van der Waals surface area contributed by atoms with Gasteiger partial charge in [0.25, 0.3) is 0 Å². The van der Waals surface area contributed by atoms with Gasteiger partial charge in [0.1, 0.15) is 12.2 Å². The molecule has 0 amide bonds. The first-order chi connectivity index (χ1) is 9.07. The van der Waals surface area contributed by atoms with E-state index in [1.807, 2.05) is 11.7 Å². The van der Waals surface area contributed by atoms with E-state index in [0.29, 0.717) is 5.92 Å². The molecule has 2 unspecified atom stereocenters. The zero-order valence-corrected chi connectivity index (χ0v) is 12.5. The van der Waals surface area contributed by atoms with Gasteiger partial charge in [-0.2, -0.15) is 5.10 Å². The molecule has 0 radical (unpaired) electrons. The van der Waals surface area contributed by atoms with Gasteiger partial charge in [-0.25, -0.2) is 9.67 Å². The minimum absolute atomic E-state index is 0.149. The van der Waals surface area contributed by atoms with Crippen LogP contribution in [0, 0.1) is 11.3 Å². The van der Waals surface area contributed by atoms with Gasteiger partial charge in [-0.3, -0.25) is 0 Å². The van der Waals surface area contributed by atoms with Crippen molar-refractivity contribution >= 4 is 0 Å². The van der Waals surface area contributed by atoms with Crippen molar-refractivity contribution < 1.29 is 4.74 Å². The van der Waals surface area contributed by atoms with Crippen LogP contribution in [0.2, 0.25) is 0 Å². The van der Waals surface area contributed by atoms with Crippen LogP contribution in [0.3, 0.4) is 0 Å². The molecule has 1 saturated heterocycles. The molecule has 5 nitrogen and oxygen atoms in total. The molecule has 0 bridgehead atoms. The highest BCUT2D eigenvalue weighted by atomic mass is 16.5. The molecule has 0 aromatic carbocycles. The molecule has 1 aromatic heterocycles. The maximum absolute atomic E-state index is 5.79. The van der Waals surface area contributed by atoms with Gasteiger partial charge in [-0.1, -0.05) is 13.8 Å². The van der Waals surface area contributed by atoms with Crippen molar-refractivity contribution in [2.75, 3.05) is 20.2 Å². The van der Waals surface area contributed by atoms with Crippen LogP contribution in [0.15, 0.2) is 6.33 Å². The average molecular weight is 266 g/mol. The molecule has 2 rings (SSSR count). The lowest BCUT2D eigenvalue weighted by atomic mass is 9.78. The monoisotopic (exact) mass is 266 g/mol. The Labute approximate surface area is 115 Å². The average Bonchev–Trinajstić information content (AvgIpc) is 2.89.